The second kappa shape index (κ2) is 9.12. The summed E-state index contributed by atoms with van der Waals surface area (Å²) in [5.41, 5.74) is 3.99. The van der Waals surface area contributed by atoms with Crippen molar-refractivity contribution in [2.24, 2.45) is 5.10 Å². The van der Waals surface area contributed by atoms with Crippen LogP contribution in [0.4, 0.5) is 0 Å². The summed E-state index contributed by atoms with van der Waals surface area (Å²) in [6.07, 6.45) is 1.61. The van der Waals surface area contributed by atoms with Crippen LogP contribution in [0.25, 0.3) is 0 Å². The Balaban J connectivity index is 1.65. The van der Waals surface area contributed by atoms with Gasteiger partial charge in [0.2, 0.25) is 0 Å². The highest BCUT2D eigenvalue weighted by Crippen LogP contribution is 2.21. The minimum atomic E-state index is -0.318. The summed E-state index contributed by atoms with van der Waals surface area (Å²) >= 11 is 8.36. The number of carbonyl (C=O) groups is 1. The summed E-state index contributed by atoms with van der Waals surface area (Å²) in [6.45, 7) is 0.371. The van der Waals surface area contributed by atoms with Crippen molar-refractivity contribution in [1.29, 1.82) is 0 Å². The van der Waals surface area contributed by atoms with Crippen LogP contribution in [0, 0.1) is 0 Å². The largest absolute Gasteiger partial charge is 0.488 e. The van der Waals surface area contributed by atoms with Crippen molar-refractivity contribution in [3.63, 3.8) is 0 Å². The standard InChI is InChI=1S/C19H14Br2N2O2S/c20-14-5-3-4-13(10-14)12-25-17-7-2-1-6-16(17)19(24)23-22-11-15-8-9-18(21)26-15/h1-11H,12H2,(H,23,24)/b22-11+. The lowest BCUT2D eigenvalue weighted by molar-refractivity contribution is 0.0950. The van der Waals surface area contributed by atoms with Crippen molar-refractivity contribution in [2.75, 3.05) is 0 Å². The summed E-state index contributed by atoms with van der Waals surface area (Å²) in [6, 6.07) is 18.8. The van der Waals surface area contributed by atoms with Crippen molar-refractivity contribution in [3.05, 3.63) is 84.9 Å². The van der Waals surface area contributed by atoms with Gasteiger partial charge in [0.1, 0.15) is 12.4 Å². The molecule has 3 rings (SSSR count). The van der Waals surface area contributed by atoms with Gasteiger partial charge in [0, 0.05) is 9.35 Å². The lowest BCUT2D eigenvalue weighted by Crippen LogP contribution is -2.18. The van der Waals surface area contributed by atoms with Crippen LogP contribution in [0.1, 0.15) is 20.8 Å². The highest BCUT2D eigenvalue weighted by Gasteiger charge is 2.11. The molecule has 0 spiro atoms. The van der Waals surface area contributed by atoms with Gasteiger partial charge in [0.25, 0.3) is 5.91 Å². The number of halogens is 2. The molecule has 1 N–H and O–H groups in total. The molecule has 0 atom stereocenters. The van der Waals surface area contributed by atoms with Gasteiger partial charge in [-0.3, -0.25) is 4.79 Å². The first-order valence-electron chi connectivity index (χ1n) is 7.67. The van der Waals surface area contributed by atoms with Crippen LogP contribution in [-0.4, -0.2) is 12.1 Å². The normalized spacial score (nSPS) is 10.8. The molecule has 0 saturated heterocycles. The van der Waals surface area contributed by atoms with Gasteiger partial charge in [0.15, 0.2) is 0 Å². The monoisotopic (exact) mass is 492 g/mol. The van der Waals surface area contributed by atoms with Crippen LogP contribution >= 0.6 is 43.2 Å². The Bertz CT molecular complexity index is 941. The number of rotatable bonds is 6. The summed E-state index contributed by atoms with van der Waals surface area (Å²) in [7, 11) is 0. The molecule has 3 aromatic rings. The third-order valence-electron chi connectivity index (χ3n) is 3.37. The molecule has 0 aliphatic heterocycles. The van der Waals surface area contributed by atoms with Gasteiger partial charge in [0.05, 0.1) is 15.6 Å². The molecule has 1 heterocycles. The minimum Gasteiger partial charge on any atom is -0.488 e. The molecule has 0 aliphatic rings. The SMILES string of the molecule is O=C(N/N=C/c1ccc(Br)s1)c1ccccc1OCc1cccc(Br)c1. The second-order valence-electron chi connectivity index (χ2n) is 5.26. The second-order valence-corrected chi connectivity index (χ2v) is 8.67. The van der Waals surface area contributed by atoms with Crippen molar-refractivity contribution in [1.82, 2.24) is 5.43 Å². The number of thiophene rings is 1. The van der Waals surface area contributed by atoms with Gasteiger partial charge in [-0.25, -0.2) is 5.43 Å². The molecule has 0 bridgehead atoms. The number of nitrogens with one attached hydrogen (secondary N) is 1. The maximum absolute atomic E-state index is 12.4. The fraction of sp³-hybridized carbons (Fsp3) is 0.0526. The van der Waals surface area contributed by atoms with Crippen LogP contribution in [-0.2, 0) is 6.61 Å². The smallest absolute Gasteiger partial charge is 0.275 e. The fourth-order valence-electron chi connectivity index (χ4n) is 2.18. The highest BCUT2D eigenvalue weighted by atomic mass is 79.9. The Hall–Kier alpha value is -1.96. The maximum Gasteiger partial charge on any atom is 0.275 e. The zero-order valence-electron chi connectivity index (χ0n) is 13.5. The van der Waals surface area contributed by atoms with Crippen molar-refractivity contribution >= 4 is 55.3 Å². The van der Waals surface area contributed by atoms with E-state index in [0.717, 1.165) is 18.7 Å². The summed E-state index contributed by atoms with van der Waals surface area (Å²) < 4.78 is 7.83. The Morgan fingerprint density at radius 3 is 2.73 bits per heavy atom. The Morgan fingerprint density at radius 1 is 1.12 bits per heavy atom. The van der Waals surface area contributed by atoms with E-state index in [9.17, 15) is 4.79 Å². The first-order valence-corrected chi connectivity index (χ1v) is 10.1. The summed E-state index contributed by atoms with van der Waals surface area (Å²) in [5, 5.41) is 4.01. The van der Waals surface area contributed by atoms with Crippen LogP contribution in [0.3, 0.4) is 0 Å². The number of hydrogen-bond acceptors (Lipinski definition) is 4. The lowest BCUT2D eigenvalue weighted by atomic mass is 10.2. The van der Waals surface area contributed by atoms with Gasteiger partial charge in [-0.1, -0.05) is 40.2 Å². The highest BCUT2D eigenvalue weighted by molar-refractivity contribution is 9.11. The van der Waals surface area contributed by atoms with Gasteiger partial charge >= 0.3 is 0 Å². The molecule has 0 saturated carbocycles. The summed E-state index contributed by atoms with van der Waals surface area (Å²) in [4.78, 5) is 13.3. The molecule has 0 radical (unpaired) electrons. The van der Waals surface area contributed by atoms with Crippen LogP contribution in [0.15, 0.2) is 74.0 Å². The van der Waals surface area contributed by atoms with E-state index in [1.54, 1.807) is 24.4 Å². The average molecular weight is 494 g/mol. The molecule has 26 heavy (non-hydrogen) atoms. The molecule has 7 heteroatoms. The van der Waals surface area contributed by atoms with Gasteiger partial charge in [-0.15, -0.1) is 11.3 Å². The predicted octanol–water partition coefficient (Wildman–Crippen LogP) is 5.62. The molecule has 4 nitrogen and oxygen atoms in total. The topological polar surface area (TPSA) is 50.7 Å². The number of hydrogen-bond donors (Lipinski definition) is 1. The minimum absolute atomic E-state index is 0.318. The van der Waals surface area contributed by atoms with Crippen molar-refractivity contribution in [2.45, 2.75) is 6.61 Å². The number of benzene rings is 2. The molecule has 1 amide bonds. The van der Waals surface area contributed by atoms with E-state index in [0.29, 0.717) is 17.9 Å². The number of hydrazone groups is 1. The Morgan fingerprint density at radius 2 is 1.96 bits per heavy atom. The van der Waals surface area contributed by atoms with Crippen LogP contribution in [0.2, 0.25) is 0 Å². The van der Waals surface area contributed by atoms with Crippen LogP contribution in [0.5, 0.6) is 5.75 Å². The zero-order chi connectivity index (χ0) is 18.4. The molecule has 0 fully saturated rings. The fourth-order valence-corrected chi connectivity index (χ4v) is 3.92. The van der Waals surface area contributed by atoms with E-state index in [4.69, 9.17) is 4.74 Å². The molecule has 132 valence electrons. The molecule has 1 aromatic heterocycles. The van der Waals surface area contributed by atoms with Gasteiger partial charge in [-0.2, -0.15) is 5.10 Å². The zero-order valence-corrected chi connectivity index (χ0v) is 17.5. The first-order chi connectivity index (χ1) is 12.6. The molecule has 0 unspecified atom stereocenters. The number of carbonyl (C=O) groups excluding carboxylic acids is 1. The number of nitrogens with zero attached hydrogens (tertiary/aromatic N) is 1. The molecular weight excluding hydrogens is 480 g/mol. The predicted molar refractivity (Wildman–Crippen MR) is 112 cm³/mol. The molecule has 2 aromatic carbocycles. The maximum atomic E-state index is 12.4. The van der Waals surface area contributed by atoms with E-state index in [2.05, 4.69) is 42.4 Å². The first kappa shape index (κ1) is 18.8. The third-order valence-corrected chi connectivity index (χ3v) is 5.42. The van der Waals surface area contributed by atoms with Crippen molar-refractivity contribution < 1.29 is 9.53 Å². The molecular formula is C19H14Br2N2O2S. The van der Waals surface area contributed by atoms with Crippen LogP contribution < -0.4 is 10.2 Å². The summed E-state index contributed by atoms with van der Waals surface area (Å²) in [5.74, 6) is 0.195. The van der Waals surface area contributed by atoms with E-state index in [-0.39, 0.29) is 5.91 Å². The van der Waals surface area contributed by atoms with Crippen molar-refractivity contribution in [3.8, 4) is 5.75 Å². The molecule has 0 aliphatic carbocycles. The Kier molecular flexibility index (Phi) is 6.60. The number of amides is 1. The lowest BCUT2D eigenvalue weighted by Gasteiger charge is -2.10. The third kappa shape index (κ3) is 5.27. The van der Waals surface area contributed by atoms with E-state index in [1.165, 1.54) is 11.3 Å². The average Bonchev–Trinajstić information content (AvgIpc) is 3.05. The van der Waals surface area contributed by atoms with Gasteiger partial charge < -0.3 is 4.74 Å². The quantitative estimate of drug-likeness (QED) is 0.358. The number of para-hydroxylation sites is 1. The van der Waals surface area contributed by atoms with E-state index < -0.39 is 0 Å². The van der Waals surface area contributed by atoms with E-state index >= 15 is 0 Å². The van der Waals surface area contributed by atoms with E-state index in [1.807, 2.05) is 42.5 Å². The van der Waals surface area contributed by atoms with Gasteiger partial charge in [-0.05, 0) is 57.9 Å². The Labute approximate surface area is 172 Å². The number of ether oxygens (including phenoxy) is 1.